The maximum absolute atomic E-state index is 3.86. The Balaban J connectivity index is 2.45. The van der Waals surface area contributed by atoms with Gasteiger partial charge in [0.1, 0.15) is 0 Å². The zero-order chi connectivity index (χ0) is 8.10. The summed E-state index contributed by atoms with van der Waals surface area (Å²) in [5, 5.41) is 0. The smallest absolute Gasteiger partial charge is 0.0231 e. The van der Waals surface area contributed by atoms with Gasteiger partial charge in [-0.25, -0.2) is 0 Å². The van der Waals surface area contributed by atoms with Crippen LogP contribution in [0, 0.1) is 11.8 Å². The predicted octanol–water partition coefficient (Wildman–Crippen LogP) is 3.55. The molecule has 62 valence electrons. The van der Waals surface area contributed by atoms with Crippen LogP contribution in [0.25, 0.3) is 0 Å². The molecule has 0 aromatic rings. The Kier molecular flexibility index (Phi) is 3.41. The minimum atomic E-state index is 0.750. The third-order valence-corrected chi connectivity index (χ3v) is 2.67. The second-order valence-corrected chi connectivity index (χ2v) is 3.51. The van der Waals surface area contributed by atoms with Gasteiger partial charge in [-0.3, -0.25) is 0 Å². The summed E-state index contributed by atoms with van der Waals surface area (Å²) in [5.41, 5.74) is 0. The second kappa shape index (κ2) is 4.38. The molecule has 1 saturated carbocycles. The largest absolute Gasteiger partial charge is 0.103 e. The van der Waals surface area contributed by atoms with Crippen molar-refractivity contribution >= 4 is 0 Å². The topological polar surface area (TPSA) is 0 Å². The first-order valence-electron chi connectivity index (χ1n) is 4.62. The van der Waals surface area contributed by atoms with Gasteiger partial charge < -0.3 is 0 Å². The summed E-state index contributed by atoms with van der Waals surface area (Å²) < 4.78 is 0. The second-order valence-electron chi connectivity index (χ2n) is 3.51. The van der Waals surface area contributed by atoms with Crippen molar-refractivity contribution in [3.05, 3.63) is 25.3 Å². The van der Waals surface area contributed by atoms with Crippen LogP contribution in [-0.2, 0) is 0 Å². The standard InChI is InChI=1S/C11H18/c1-3-10-7-5-6-8-11(4-2)9-10/h3-4,10-11H,1-2,5-9H2. The van der Waals surface area contributed by atoms with Crippen molar-refractivity contribution in [1.82, 2.24) is 0 Å². The molecule has 0 bridgehead atoms. The van der Waals surface area contributed by atoms with E-state index < -0.39 is 0 Å². The Labute approximate surface area is 70.0 Å². The van der Waals surface area contributed by atoms with E-state index in [4.69, 9.17) is 0 Å². The van der Waals surface area contributed by atoms with Gasteiger partial charge in [0.05, 0.1) is 0 Å². The van der Waals surface area contributed by atoms with Gasteiger partial charge in [0, 0.05) is 0 Å². The highest BCUT2D eigenvalue weighted by Crippen LogP contribution is 2.28. The van der Waals surface area contributed by atoms with Crippen LogP contribution >= 0.6 is 0 Å². The molecule has 1 rings (SSSR count). The van der Waals surface area contributed by atoms with Crippen LogP contribution in [0.2, 0.25) is 0 Å². The SMILES string of the molecule is C=CC1CCCCC(C=C)C1. The molecule has 1 aliphatic rings. The summed E-state index contributed by atoms with van der Waals surface area (Å²) in [4.78, 5) is 0. The summed E-state index contributed by atoms with van der Waals surface area (Å²) in [6.45, 7) is 7.72. The van der Waals surface area contributed by atoms with Gasteiger partial charge in [-0.15, -0.1) is 13.2 Å². The van der Waals surface area contributed by atoms with Gasteiger partial charge in [-0.2, -0.15) is 0 Å². The quantitative estimate of drug-likeness (QED) is 0.417. The van der Waals surface area contributed by atoms with Gasteiger partial charge in [0.25, 0.3) is 0 Å². The molecular weight excluding hydrogens is 132 g/mol. The lowest BCUT2D eigenvalue weighted by Crippen LogP contribution is -2.00. The van der Waals surface area contributed by atoms with E-state index in [9.17, 15) is 0 Å². The fraction of sp³-hybridized carbons (Fsp3) is 0.636. The zero-order valence-corrected chi connectivity index (χ0v) is 7.26. The van der Waals surface area contributed by atoms with Crippen molar-refractivity contribution in [2.75, 3.05) is 0 Å². The van der Waals surface area contributed by atoms with Gasteiger partial charge in [0.15, 0.2) is 0 Å². The van der Waals surface area contributed by atoms with Crippen LogP contribution < -0.4 is 0 Å². The Bertz CT molecular complexity index is 119. The Morgan fingerprint density at radius 2 is 1.36 bits per heavy atom. The maximum Gasteiger partial charge on any atom is -0.0231 e. The van der Waals surface area contributed by atoms with E-state index in [1.165, 1.54) is 32.1 Å². The van der Waals surface area contributed by atoms with E-state index >= 15 is 0 Å². The van der Waals surface area contributed by atoms with Crippen molar-refractivity contribution in [3.63, 3.8) is 0 Å². The summed E-state index contributed by atoms with van der Waals surface area (Å²) in [5.74, 6) is 1.50. The van der Waals surface area contributed by atoms with Crippen molar-refractivity contribution in [3.8, 4) is 0 Å². The number of hydrogen-bond donors (Lipinski definition) is 0. The zero-order valence-electron chi connectivity index (χ0n) is 7.26. The van der Waals surface area contributed by atoms with E-state index in [1.807, 2.05) is 0 Å². The molecule has 0 aromatic heterocycles. The van der Waals surface area contributed by atoms with Gasteiger partial charge in [-0.1, -0.05) is 25.0 Å². The summed E-state index contributed by atoms with van der Waals surface area (Å²) >= 11 is 0. The molecule has 0 aliphatic heterocycles. The lowest BCUT2D eigenvalue weighted by Gasteiger charge is -2.12. The predicted molar refractivity (Wildman–Crippen MR) is 50.5 cm³/mol. The molecule has 0 saturated heterocycles. The lowest BCUT2D eigenvalue weighted by atomic mass is 9.93. The highest BCUT2D eigenvalue weighted by Gasteiger charge is 2.14. The molecule has 0 heterocycles. The molecule has 0 amide bonds. The average molecular weight is 150 g/mol. The molecule has 11 heavy (non-hydrogen) atoms. The first-order valence-corrected chi connectivity index (χ1v) is 4.62. The highest BCUT2D eigenvalue weighted by molar-refractivity contribution is 4.89. The first-order chi connectivity index (χ1) is 5.36. The summed E-state index contributed by atoms with van der Waals surface area (Å²) in [7, 11) is 0. The van der Waals surface area contributed by atoms with E-state index in [-0.39, 0.29) is 0 Å². The molecule has 0 nitrogen and oxygen atoms in total. The first kappa shape index (κ1) is 8.58. The number of allylic oxidation sites excluding steroid dienone is 2. The van der Waals surface area contributed by atoms with E-state index in [0.29, 0.717) is 0 Å². The van der Waals surface area contributed by atoms with Gasteiger partial charge >= 0.3 is 0 Å². The van der Waals surface area contributed by atoms with Crippen molar-refractivity contribution in [2.24, 2.45) is 11.8 Å². The summed E-state index contributed by atoms with van der Waals surface area (Å²) in [6, 6.07) is 0. The van der Waals surface area contributed by atoms with Crippen molar-refractivity contribution in [1.29, 1.82) is 0 Å². The van der Waals surface area contributed by atoms with Crippen molar-refractivity contribution in [2.45, 2.75) is 32.1 Å². The molecular formula is C11H18. The highest BCUT2D eigenvalue weighted by atomic mass is 14.2. The fourth-order valence-electron chi connectivity index (χ4n) is 1.87. The number of rotatable bonds is 2. The Morgan fingerprint density at radius 3 is 1.73 bits per heavy atom. The van der Waals surface area contributed by atoms with Crippen LogP contribution in [0.3, 0.4) is 0 Å². The van der Waals surface area contributed by atoms with Crippen LogP contribution in [0.5, 0.6) is 0 Å². The van der Waals surface area contributed by atoms with E-state index in [1.54, 1.807) is 0 Å². The molecule has 2 atom stereocenters. The Hall–Kier alpha value is -0.520. The van der Waals surface area contributed by atoms with Crippen LogP contribution in [0.4, 0.5) is 0 Å². The molecule has 2 unspecified atom stereocenters. The van der Waals surface area contributed by atoms with Gasteiger partial charge in [-0.05, 0) is 31.1 Å². The number of hydrogen-bond acceptors (Lipinski definition) is 0. The third-order valence-electron chi connectivity index (χ3n) is 2.67. The van der Waals surface area contributed by atoms with Crippen molar-refractivity contribution < 1.29 is 0 Å². The minimum absolute atomic E-state index is 0.750. The van der Waals surface area contributed by atoms with E-state index in [2.05, 4.69) is 25.3 Å². The fourth-order valence-corrected chi connectivity index (χ4v) is 1.87. The van der Waals surface area contributed by atoms with Crippen LogP contribution in [0.1, 0.15) is 32.1 Å². The van der Waals surface area contributed by atoms with Crippen LogP contribution in [0.15, 0.2) is 25.3 Å². The maximum atomic E-state index is 3.86. The van der Waals surface area contributed by atoms with Gasteiger partial charge in [0.2, 0.25) is 0 Å². The monoisotopic (exact) mass is 150 g/mol. The summed E-state index contributed by atoms with van der Waals surface area (Å²) in [6.07, 6.45) is 10.9. The average Bonchev–Trinajstić information content (AvgIpc) is 2.28. The molecule has 0 aromatic carbocycles. The normalized spacial score (nSPS) is 32.4. The Morgan fingerprint density at radius 1 is 0.909 bits per heavy atom. The molecule has 0 heteroatoms. The minimum Gasteiger partial charge on any atom is -0.103 e. The molecule has 0 N–H and O–H groups in total. The third kappa shape index (κ3) is 2.53. The molecule has 0 spiro atoms. The molecule has 1 fully saturated rings. The lowest BCUT2D eigenvalue weighted by molar-refractivity contribution is 0.493. The molecule has 1 aliphatic carbocycles. The molecule has 0 radical (unpaired) electrons. The van der Waals surface area contributed by atoms with E-state index in [0.717, 1.165) is 11.8 Å². The van der Waals surface area contributed by atoms with Crippen LogP contribution in [-0.4, -0.2) is 0 Å².